The Bertz CT molecular complexity index is 876. The van der Waals surface area contributed by atoms with Crippen LogP contribution in [0.25, 0.3) is 0 Å². The number of thioether (sulfide) groups is 1. The van der Waals surface area contributed by atoms with Crippen LogP contribution in [0.5, 0.6) is 0 Å². The van der Waals surface area contributed by atoms with Crippen LogP contribution in [-0.2, 0) is 9.59 Å². The lowest BCUT2D eigenvalue weighted by Gasteiger charge is -2.34. The maximum Gasteiger partial charge on any atom is 0.238 e. The number of hydrogen-bond donors (Lipinski definition) is 1. The van der Waals surface area contributed by atoms with Gasteiger partial charge < -0.3 is 10.2 Å². The number of nitrogens with one attached hydrogen (secondary N) is 1. The van der Waals surface area contributed by atoms with E-state index in [1.165, 1.54) is 4.90 Å². The van der Waals surface area contributed by atoms with Crippen molar-refractivity contribution in [2.45, 2.75) is 31.6 Å². The van der Waals surface area contributed by atoms with Gasteiger partial charge in [0.25, 0.3) is 0 Å². The summed E-state index contributed by atoms with van der Waals surface area (Å²) in [6, 6.07) is 13.8. The lowest BCUT2D eigenvalue weighted by atomic mass is 10.1. The number of para-hydroxylation sites is 1. The molecule has 2 amide bonds. The van der Waals surface area contributed by atoms with Crippen molar-refractivity contribution in [2.75, 3.05) is 43.8 Å². The molecule has 0 unspecified atom stereocenters. The van der Waals surface area contributed by atoms with E-state index >= 15 is 0 Å². The number of nitrogens with zero attached hydrogens (tertiary/aromatic N) is 2. The fourth-order valence-corrected chi connectivity index (χ4v) is 4.63. The van der Waals surface area contributed by atoms with Crippen LogP contribution in [0.4, 0.5) is 5.69 Å². The fraction of sp³-hybridized carbons (Fsp3) is 0.417. The second-order valence-electron chi connectivity index (χ2n) is 7.88. The van der Waals surface area contributed by atoms with Crippen molar-refractivity contribution in [1.29, 1.82) is 0 Å². The Morgan fingerprint density at radius 3 is 2.29 bits per heavy atom. The van der Waals surface area contributed by atoms with Gasteiger partial charge in [-0.3, -0.25) is 14.5 Å². The molecule has 7 heteroatoms. The maximum atomic E-state index is 12.5. The Morgan fingerprint density at radius 2 is 1.65 bits per heavy atom. The Morgan fingerprint density at radius 1 is 1.00 bits per heavy atom. The molecule has 0 bridgehead atoms. The van der Waals surface area contributed by atoms with E-state index in [4.69, 9.17) is 11.6 Å². The summed E-state index contributed by atoms with van der Waals surface area (Å²) in [6.07, 6.45) is 1.41. The highest BCUT2D eigenvalue weighted by molar-refractivity contribution is 7.99. The highest BCUT2D eigenvalue weighted by Gasteiger charge is 2.22. The predicted octanol–water partition coefficient (Wildman–Crippen LogP) is 4.61. The summed E-state index contributed by atoms with van der Waals surface area (Å²) in [5.41, 5.74) is 3.04. The molecular weight excluding hydrogens is 430 g/mol. The van der Waals surface area contributed by atoms with Crippen molar-refractivity contribution in [3.8, 4) is 0 Å². The van der Waals surface area contributed by atoms with Crippen LogP contribution in [-0.4, -0.2) is 60.1 Å². The van der Waals surface area contributed by atoms with Gasteiger partial charge in [-0.05, 0) is 61.4 Å². The molecule has 1 N–H and O–H groups in total. The number of benzene rings is 2. The zero-order valence-corrected chi connectivity index (χ0v) is 19.8. The minimum absolute atomic E-state index is 0.00333. The number of halogens is 1. The lowest BCUT2D eigenvalue weighted by molar-refractivity contribution is -0.133. The first-order chi connectivity index (χ1) is 14.9. The third-order valence-corrected chi connectivity index (χ3v) is 6.81. The molecular formula is C24H30ClN3O2S. The lowest BCUT2D eigenvalue weighted by Crippen LogP contribution is -2.50. The number of amides is 2. The Labute approximate surface area is 194 Å². The summed E-state index contributed by atoms with van der Waals surface area (Å²) in [6.45, 7) is 7.17. The number of rotatable bonds is 8. The van der Waals surface area contributed by atoms with E-state index in [0.29, 0.717) is 26.1 Å². The molecule has 0 radical (unpaired) electrons. The quantitative estimate of drug-likeness (QED) is 0.462. The smallest absolute Gasteiger partial charge is 0.238 e. The zero-order valence-electron chi connectivity index (χ0n) is 18.2. The molecule has 5 nitrogen and oxygen atoms in total. The molecule has 1 saturated heterocycles. The third kappa shape index (κ3) is 7.27. The standard InChI is InChI=1S/C24H30ClN3O2S/c1-18-5-3-6-19(2)24(18)26-22(29)17-27-12-14-28(15-13-27)23(30)7-4-16-31-21-10-8-20(25)9-11-21/h3,5-6,8-11H,4,7,12-17H2,1-2H3,(H,26,29). The average Bonchev–Trinajstić information content (AvgIpc) is 2.75. The topological polar surface area (TPSA) is 52.7 Å². The molecule has 0 atom stereocenters. The molecule has 0 aliphatic carbocycles. The number of aryl methyl sites for hydroxylation is 2. The van der Waals surface area contributed by atoms with Crippen molar-refractivity contribution in [2.24, 2.45) is 0 Å². The summed E-state index contributed by atoms with van der Waals surface area (Å²) < 4.78 is 0. The summed E-state index contributed by atoms with van der Waals surface area (Å²) in [4.78, 5) is 30.2. The zero-order chi connectivity index (χ0) is 22.2. The number of piperazine rings is 1. The van der Waals surface area contributed by atoms with Crippen LogP contribution in [0.15, 0.2) is 47.4 Å². The molecule has 1 aliphatic heterocycles. The molecule has 0 aromatic heterocycles. The van der Waals surface area contributed by atoms with Crippen LogP contribution in [0.3, 0.4) is 0 Å². The average molecular weight is 460 g/mol. The van der Waals surface area contributed by atoms with Gasteiger partial charge >= 0.3 is 0 Å². The number of anilines is 1. The van der Waals surface area contributed by atoms with Gasteiger partial charge in [0.2, 0.25) is 11.8 Å². The van der Waals surface area contributed by atoms with Crippen molar-refractivity contribution >= 4 is 40.9 Å². The number of hydrogen-bond acceptors (Lipinski definition) is 4. The van der Waals surface area contributed by atoms with Crippen LogP contribution in [0.2, 0.25) is 5.02 Å². The van der Waals surface area contributed by atoms with Crippen molar-refractivity contribution in [3.63, 3.8) is 0 Å². The van der Waals surface area contributed by atoms with Gasteiger partial charge in [-0.2, -0.15) is 0 Å². The molecule has 1 fully saturated rings. The van der Waals surface area contributed by atoms with E-state index in [1.807, 2.05) is 61.2 Å². The molecule has 2 aromatic carbocycles. The van der Waals surface area contributed by atoms with Gasteiger partial charge in [0.15, 0.2) is 0 Å². The molecule has 31 heavy (non-hydrogen) atoms. The van der Waals surface area contributed by atoms with E-state index in [1.54, 1.807) is 11.8 Å². The maximum absolute atomic E-state index is 12.5. The van der Waals surface area contributed by atoms with E-state index in [2.05, 4.69) is 10.2 Å². The van der Waals surface area contributed by atoms with E-state index < -0.39 is 0 Å². The molecule has 0 saturated carbocycles. The highest BCUT2D eigenvalue weighted by atomic mass is 35.5. The monoisotopic (exact) mass is 459 g/mol. The normalized spacial score (nSPS) is 14.5. The van der Waals surface area contributed by atoms with Crippen LogP contribution < -0.4 is 5.32 Å². The Kier molecular flexibility index (Phi) is 8.81. The van der Waals surface area contributed by atoms with Gasteiger partial charge in [-0.15, -0.1) is 11.8 Å². The molecule has 3 rings (SSSR count). The summed E-state index contributed by atoms with van der Waals surface area (Å²) in [7, 11) is 0. The van der Waals surface area contributed by atoms with E-state index in [-0.39, 0.29) is 11.8 Å². The van der Waals surface area contributed by atoms with Gasteiger partial charge in [0, 0.05) is 48.2 Å². The SMILES string of the molecule is Cc1cccc(C)c1NC(=O)CN1CCN(C(=O)CCCSc2ccc(Cl)cc2)CC1. The summed E-state index contributed by atoms with van der Waals surface area (Å²) in [5.74, 6) is 1.11. The minimum Gasteiger partial charge on any atom is -0.340 e. The van der Waals surface area contributed by atoms with Gasteiger partial charge in [0.1, 0.15) is 0 Å². The molecule has 2 aromatic rings. The second kappa shape index (κ2) is 11.6. The third-order valence-electron chi connectivity index (χ3n) is 5.46. The summed E-state index contributed by atoms with van der Waals surface area (Å²) in [5, 5.41) is 3.78. The first kappa shape index (κ1) is 23.6. The minimum atomic E-state index is -0.00333. The summed E-state index contributed by atoms with van der Waals surface area (Å²) >= 11 is 7.65. The fourth-order valence-electron chi connectivity index (χ4n) is 3.65. The molecule has 0 spiro atoms. The van der Waals surface area contributed by atoms with Crippen molar-refractivity contribution in [1.82, 2.24) is 9.80 Å². The number of carbonyl (C=O) groups excluding carboxylic acids is 2. The van der Waals surface area contributed by atoms with Crippen LogP contribution in [0, 0.1) is 13.8 Å². The first-order valence-corrected chi connectivity index (χ1v) is 12.0. The first-order valence-electron chi connectivity index (χ1n) is 10.7. The van der Waals surface area contributed by atoms with E-state index in [0.717, 1.165) is 47.1 Å². The molecule has 166 valence electrons. The van der Waals surface area contributed by atoms with Crippen molar-refractivity contribution in [3.05, 3.63) is 58.6 Å². The molecule has 1 heterocycles. The van der Waals surface area contributed by atoms with Gasteiger partial charge in [0.05, 0.1) is 6.54 Å². The predicted molar refractivity (Wildman–Crippen MR) is 129 cm³/mol. The van der Waals surface area contributed by atoms with Crippen molar-refractivity contribution < 1.29 is 9.59 Å². The number of carbonyl (C=O) groups is 2. The van der Waals surface area contributed by atoms with Crippen LogP contribution >= 0.6 is 23.4 Å². The Hall–Kier alpha value is -2.02. The van der Waals surface area contributed by atoms with E-state index in [9.17, 15) is 9.59 Å². The Balaban J connectivity index is 1.34. The van der Waals surface area contributed by atoms with Gasteiger partial charge in [-0.25, -0.2) is 0 Å². The second-order valence-corrected chi connectivity index (χ2v) is 9.48. The largest absolute Gasteiger partial charge is 0.340 e. The molecule has 1 aliphatic rings. The highest BCUT2D eigenvalue weighted by Crippen LogP contribution is 2.22. The van der Waals surface area contributed by atoms with Crippen LogP contribution in [0.1, 0.15) is 24.0 Å². The van der Waals surface area contributed by atoms with Gasteiger partial charge in [-0.1, -0.05) is 29.8 Å².